The van der Waals surface area contributed by atoms with Gasteiger partial charge in [-0.05, 0) is 61.4 Å². The number of carbonyl (C=O) groups is 1. The first-order chi connectivity index (χ1) is 18.5. The fourth-order valence-corrected chi connectivity index (χ4v) is 4.46. The normalized spacial score (nSPS) is 14.4. The van der Waals surface area contributed by atoms with Gasteiger partial charge in [-0.15, -0.1) is 5.10 Å². The lowest BCUT2D eigenvalue weighted by Gasteiger charge is -2.28. The predicted octanol–water partition coefficient (Wildman–Crippen LogP) is 4.71. The fourth-order valence-electron chi connectivity index (χ4n) is 4.46. The molecule has 0 saturated heterocycles. The van der Waals surface area contributed by atoms with Gasteiger partial charge in [-0.3, -0.25) is 4.79 Å². The second-order valence-electron chi connectivity index (χ2n) is 8.78. The van der Waals surface area contributed by atoms with Gasteiger partial charge in [-0.25, -0.2) is 4.68 Å². The van der Waals surface area contributed by atoms with Gasteiger partial charge in [0.05, 0.1) is 19.3 Å². The number of allylic oxidation sites excluding steroid dienone is 1. The molecular formula is C29H29N5O4. The number of nitrogens with zero attached hydrogens (tertiary/aromatic N) is 3. The van der Waals surface area contributed by atoms with E-state index in [0.29, 0.717) is 47.8 Å². The Bertz CT molecular complexity index is 1480. The van der Waals surface area contributed by atoms with E-state index in [1.165, 1.54) is 0 Å². The third-order valence-corrected chi connectivity index (χ3v) is 6.29. The molecule has 1 atom stereocenters. The van der Waals surface area contributed by atoms with Crippen molar-refractivity contribution in [3.05, 3.63) is 95.2 Å². The standard InChI is InChI=1S/C29H29N5O4/c1-4-37-24-16-21(12-15-23(24)38-17-19-8-6-5-7-9-19)26-25(27(30)35)18(2)31-29-32-28(33-34(26)29)20-10-13-22(36-3)14-11-20/h5-16,26H,4,17H2,1-3H3,(H2,30,35)(H,31,32,33). The lowest BCUT2D eigenvalue weighted by Crippen LogP contribution is -2.31. The summed E-state index contributed by atoms with van der Waals surface area (Å²) in [4.78, 5) is 17.3. The molecular weight excluding hydrogens is 482 g/mol. The van der Waals surface area contributed by atoms with Crippen LogP contribution in [0.1, 0.15) is 31.0 Å². The Labute approximate surface area is 220 Å². The van der Waals surface area contributed by atoms with Crippen LogP contribution in [0.3, 0.4) is 0 Å². The minimum atomic E-state index is -0.606. The summed E-state index contributed by atoms with van der Waals surface area (Å²) in [5.41, 5.74) is 9.50. The maximum Gasteiger partial charge on any atom is 0.248 e. The molecule has 0 spiro atoms. The predicted molar refractivity (Wildman–Crippen MR) is 144 cm³/mol. The number of hydrogen-bond acceptors (Lipinski definition) is 7. The van der Waals surface area contributed by atoms with Crippen LogP contribution in [0.25, 0.3) is 11.4 Å². The van der Waals surface area contributed by atoms with Gasteiger partial charge < -0.3 is 25.3 Å². The maximum absolute atomic E-state index is 12.6. The molecule has 1 aliphatic heterocycles. The quantitative estimate of drug-likeness (QED) is 0.335. The van der Waals surface area contributed by atoms with Gasteiger partial charge in [0.2, 0.25) is 11.9 Å². The summed E-state index contributed by atoms with van der Waals surface area (Å²) in [7, 11) is 1.62. The molecule has 9 nitrogen and oxygen atoms in total. The average Bonchev–Trinajstić information content (AvgIpc) is 3.36. The molecule has 0 bridgehead atoms. The molecule has 1 aromatic heterocycles. The number of ether oxygens (including phenoxy) is 3. The number of methoxy groups -OCH3 is 1. The van der Waals surface area contributed by atoms with Crippen molar-refractivity contribution in [1.29, 1.82) is 0 Å². The Kier molecular flexibility index (Phi) is 6.99. The number of nitrogens with one attached hydrogen (secondary N) is 1. The van der Waals surface area contributed by atoms with Crippen LogP contribution < -0.4 is 25.3 Å². The number of anilines is 1. The molecule has 3 aromatic carbocycles. The second kappa shape index (κ2) is 10.7. The van der Waals surface area contributed by atoms with E-state index in [4.69, 9.17) is 30.0 Å². The smallest absolute Gasteiger partial charge is 0.248 e. The summed E-state index contributed by atoms with van der Waals surface area (Å²) in [5.74, 6) is 2.37. The van der Waals surface area contributed by atoms with E-state index < -0.39 is 11.9 Å². The van der Waals surface area contributed by atoms with Crippen LogP contribution >= 0.6 is 0 Å². The summed E-state index contributed by atoms with van der Waals surface area (Å²) in [6.07, 6.45) is 0. The Balaban J connectivity index is 1.54. The van der Waals surface area contributed by atoms with Crippen molar-refractivity contribution >= 4 is 11.9 Å². The van der Waals surface area contributed by atoms with E-state index >= 15 is 0 Å². The second-order valence-corrected chi connectivity index (χ2v) is 8.78. The van der Waals surface area contributed by atoms with Gasteiger partial charge in [-0.2, -0.15) is 4.98 Å². The van der Waals surface area contributed by atoms with Crippen LogP contribution in [-0.4, -0.2) is 34.4 Å². The van der Waals surface area contributed by atoms with Crippen molar-refractivity contribution < 1.29 is 19.0 Å². The molecule has 1 amide bonds. The molecule has 0 fully saturated rings. The van der Waals surface area contributed by atoms with Crippen LogP contribution in [0.5, 0.6) is 17.2 Å². The molecule has 1 unspecified atom stereocenters. The van der Waals surface area contributed by atoms with Crippen LogP contribution in [0.2, 0.25) is 0 Å². The van der Waals surface area contributed by atoms with E-state index in [-0.39, 0.29) is 0 Å². The zero-order chi connectivity index (χ0) is 26.6. The number of nitrogens with two attached hydrogens (primary N) is 1. The monoisotopic (exact) mass is 511 g/mol. The highest BCUT2D eigenvalue weighted by molar-refractivity contribution is 5.95. The van der Waals surface area contributed by atoms with Gasteiger partial charge in [-0.1, -0.05) is 36.4 Å². The first-order valence-electron chi connectivity index (χ1n) is 12.3. The molecule has 4 aromatic rings. The summed E-state index contributed by atoms with van der Waals surface area (Å²) in [6.45, 7) is 4.57. The molecule has 38 heavy (non-hydrogen) atoms. The summed E-state index contributed by atoms with van der Waals surface area (Å²) < 4.78 is 19.0. The van der Waals surface area contributed by atoms with E-state index in [9.17, 15) is 4.79 Å². The minimum Gasteiger partial charge on any atom is -0.497 e. The highest BCUT2D eigenvalue weighted by atomic mass is 16.5. The highest BCUT2D eigenvalue weighted by Gasteiger charge is 2.34. The Hall–Kier alpha value is -4.79. The van der Waals surface area contributed by atoms with E-state index in [2.05, 4.69) is 5.32 Å². The van der Waals surface area contributed by atoms with E-state index in [0.717, 1.165) is 22.4 Å². The molecule has 0 aliphatic carbocycles. The van der Waals surface area contributed by atoms with Gasteiger partial charge in [0.25, 0.3) is 0 Å². The van der Waals surface area contributed by atoms with E-state index in [1.54, 1.807) is 18.7 Å². The van der Waals surface area contributed by atoms with Crippen LogP contribution in [-0.2, 0) is 11.4 Å². The van der Waals surface area contributed by atoms with Crippen LogP contribution in [0, 0.1) is 0 Å². The number of amides is 1. The summed E-state index contributed by atoms with van der Waals surface area (Å²) in [5, 5.41) is 7.94. The number of hydrogen-bond donors (Lipinski definition) is 2. The molecule has 0 radical (unpaired) electrons. The highest BCUT2D eigenvalue weighted by Crippen LogP contribution is 2.39. The Morgan fingerprint density at radius 3 is 2.47 bits per heavy atom. The topological polar surface area (TPSA) is 114 Å². The minimum absolute atomic E-state index is 0.393. The zero-order valence-corrected chi connectivity index (χ0v) is 21.5. The van der Waals surface area contributed by atoms with Gasteiger partial charge in [0, 0.05) is 11.3 Å². The molecule has 2 heterocycles. The number of fused-ring (bicyclic) bond motifs is 1. The number of rotatable bonds is 9. The number of benzene rings is 3. The van der Waals surface area contributed by atoms with Crippen LogP contribution in [0.4, 0.5) is 5.95 Å². The first-order valence-corrected chi connectivity index (χ1v) is 12.3. The number of carbonyl (C=O) groups excluding carboxylic acids is 1. The Morgan fingerprint density at radius 1 is 1.03 bits per heavy atom. The van der Waals surface area contributed by atoms with Crippen molar-refractivity contribution in [3.63, 3.8) is 0 Å². The maximum atomic E-state index is 12.6. The number of aromatic nitrogens is 3. The SMILES string of the molecule is CCOc1cc(C2C(C(N)=O)=C(C)Nc3nc(-c4ccc(OC)cc4)nn32)ccc1OCc1ccccc1. The summed E-state index contributed by atoms with van der Waals surface area (Å²) in [6, 6.07) is 22.4. The van der Waals surface area contributed by atoms with Crippen molar-refractivity contribution in [2.75, 3.05) is 19.0 Å². The third kappa shape index (κ3) is 4.90. The molecule has 5 rings (SSSR count). The molecule has 194 valence electrons. The van der Waals surface area contributed by atoms with Crippen molar-refractivity contribution in [3.8, 4) is 28.6 Å². The Morgan fingerprint density at radius 2 is 1.79 bits per heavy atom. The number of primary amides is 1. The van der Waals surface area contributed by atoms with Gasteiger partial charge in [0.1, 0.15) is 18.4 Å². The molecule has 3 N–H and O–H groups in total. The van der Waals surface area contributed by atoms with Crippen molar-refractivity contribution in [2.45, 2.75) is 26.5 Å². The molecule has 1 aliphatic rings. The summed E-state index contributed by atoms with van der Waals surface area (Å²) >= 11 is 0. The van der Waals surface area contributed by atoms with Gasteiger partial charge >= 0.3 is 0 Å². The molecule has 0 saturated carbocycles. The first kappa shape index (κ1) is 24.9. The largest absolute Gasteiger partial charge is 0.497 e. The third-order valence-electron chi connectivity index (χ3n) is 6.29. The average molecular weight is 512 g/mol. The van der Waals surface area contributed by atoms with E-state index in [1.807, 2.05) is 79.7 Å². The molecule has 9 heteroatoms. The van der Waals surface area contributed by atoms with Crippen molar-refractivity contribution in [2.24, 2.45) is 5.73 Å². The van der Waals surface area contributed by atoms with Gasteiger partial charge in [0.15, 0.2) is 17.3 Å². The lowest BCUT2D eigenvalue weighted by molar-refractivity contribution is -0.115. The lowest BCUT2D eigenvalue weighted by atomic mass is 9.95. The fraction of sp³-hybridized carbons (Fsp3) is 0.207. The zero-order valence-electron chi connectivity index (χ0n) is 21.5. The van der Waals surface area contributed by atoms with Crippen LogP contribution in [0.15, 0.2) is 84.1 Å². The van der Waals surface area contributed by atoms with Crippen molar-refractivity contribution in [1.82, 2.24) is 14.8 Å².